The number of ether oxygens (including phenoxy) is 2. The number of hydrogen-bond donors (Lipinski definition) is 5. The van der Waals surface area contributed by atoms with Crippen molar-refractivity contribution in [2.75, 3.05) is 6.61 Å². The van der Waals surface area contributed by atoms with Crippen molar-refractivity contribution < 1.29 is 35.0 Å². The summed E-state index contributed by atoms with van der Waals surface area (Å²) in [6.45, 7) is 9.36. The van der Waals surface area contributed by atoms with E-state index in [2.05, 4.69) is 6.08 Å². The molecule has 2 aliphatic rings. The Labute approximate surface area is 168 Å². The number of hydrogen-bond acceptors (Lipinski definition) is 7. The fourth-order valence-electron chi connectivity index (χ4n) is 4.60. The van der Waals surface area contributed by atoms with Gasteiger partial charge in [0.2, 0.25) is 0 Å². The van der Waals surface area contributed by atoms with Crippen LogP contribution in [0.4, 0.5) is 0 Å². The molecule has 164 valence electrons. The molecule has 0 aromatic heterocycles. The van der Waals surface area contributed by atoms with Crippen LogP contribution < -0.4 is 0 Å². The van der Waals surface area contributed by atoms with Crippen LogP contribution in [0.2, 0.25) is 0 Å². The van der Waals surface area contributed by atoms with E-state index in [0.717, 1.165) is 12.8 Å². The molecule has 2 rings (SSSR count). The summed E-state index contributed by atoms with van der Waals surface area (Å²) >= 11 is 0. The van der Waals surface area contributed by atoms with Gasteiger partial charge < -0.3 is 35.0 Å². The van der Waals surface area contributed by atoms with E-state index in [9.17, 15) is 25.5 Å². The second-order valence-corrected chi connectivity index (χ2v) is 9.24. The number of aliphatic hydroxyl groups excluding tert-OH is 4. The molecular formula is C21H38O7. The highest BCUT2D eigenvalue weighted by Gasteiger charge is 2.53. The lowest BCUT2D eigenvalue weighted by Crippen LogP contribution is -2.61. The van der Waals surface area contributed by atoms with Gasteiger partial charge in [-0.1, -0.05) is 18.6 Å². The second kappa shape index (κ2) is 9.08. The van der Waals surface area contributed by atoms with Crippen molar-refractivity contribution in [1.82, 2.24) is 0 Å². The van der Waals surface area contributed by atoms with Crippen LogP contribution in [0.1, 0.15) is 60.3 Å². The third-order valence-corrected chi connectivity index (χ3v) is 6.76. The van der Waals surface area contributed by atoms with Crippen LogP contribution in [0, 0.1) is 11.8 Å². The third-order valence-electron chi connectivity index (χ3n) is 6.76. The van der Waals surface area contributed by atoms with Gasteiger partial charge in [0.05, 0.1) is 17.8 Å². The van der Waals surface area contributed by atoms with Gasteiger partial charge in [-0.05, 0) is 65.2 Å². The first-order valence-electron chi connectivity index (χ1n) is 10.3. The van der Waals surface area contributed by atoms with E-state index < -0.39 is 48.5 Å². The molecule has 5 N–H and O–H groups in total. The summed E-state index contributed by atoms with van der Waals surface area (Å²) in [5.41, 5.74) is -0.317. The predicted octanol–water partition coefficient (Wildman–Crippen LogP) is 1.11. The number of rotatable bonds is 7. The Bertz CT molecular complexity index is 543. The molecule has 0 spiro atoms. The van der Waals surface area contributed by atoms with E-state index in [1.54, 1.807) is 0 Å². The summed E-state index contributed by atoms with van der Waals surface area (Å²) < 4.78 is 11.9. The molecule has 0 unspecified atom stereocenters. The van der Waals surface area contributed by atoms with Crippen LogP contribution in [0.25, 0.3) is 0 Å². The van der Waals surface area contributed by atoms with E-state index in [1.807, 2.05) is 34.6 Å². The molecule has 1 aliphatic carbocycles. The standard InChI is InChI=1S/C21H38O7/c1-12(2)7-6-9-21(5,14-8-10-20(4,26)13(14)3)28-19-18(25)17(24)16(23)15(11-22)27-19/h7,13-19,22-26H,6,8-11H2,1-5H3/t13-,14+,15-,16+,17+,18+,19+,20+,21+/m0/s1. The molecule has 0 aromatic rings. The molecule has 0 amide bonds. The highest BCUT2D eigenvalue weighted by molar-refractivity contribution is 5.03. The molecule has 1 saturated heterocycles. The van der Waals surface area contributed by atoms with Crippen LogP contribution in [-0.2, 0) is 9.47 Å². The third kappa shape index (κ3) is 4.95. The summed E-state index contributed by atoms with van der Waals surface area (Å²) in [7, 11) is 0. The minimum atomic E-state index is -1.47. The highest BCUT2D eigenvalue weighted by Crippen LogP contribution is 2.48. The normalized spacial score (nSPS) is 43.6. The maximum atomic E-state index is 10.7. The van der Waals surface area contributed by atoms with Gasteiger partial charge in [0.25, 0.3) is 0 Å². The van der Waals surface area contributed by atoms with Crippen LogP contribution in [0.15, 0.2) is 11.6 Å². The molecule has 0 aromatic carbocycles. The van der Waals surface area contributed by atoms with Crippen molar-refractivity contribution in [3.05, 3.63) is 11.6 Å². The fraction of sp³-hybridized carbons (Fsp3) is 0.905. The van der Waals surface area contributed by atoms with Gasteiger partial charge >= 0.3 is 0 Å². The first-order valence-corrected chi connectivity index (χ1v) is 10.3. The van der Waals surface area contributed by atoms with Crippen LogP contribution in [-0.4, -0.2) is 74.0 Å². The molecular weight excluding hydrogens is 364 g/mol. The lowest BCUT2D eigenvalue weighted by atomic mass is 9.76. The molecule has 0 radical (unpaired) electrons. The maximum absolute atomic E-state index is 10.7. The van der Waals surface area contributed by atoms with Gasteiger partial charge in [-0.25, -0.2) is 0 Å². The Kier molecular flexibility index (Phi) is 7.70. The molecule has 7 heteroatoms. The smallest absolute Gasteiger partial charge is 0.187 e. The zero-order valence-electron chi connectivity index (χ0n) is 17.7. The van der Waals surface area contributed by atoms with E-state index in [4.69, 9.17) is 9.47 Å². The van der Waals surface area contributed by atoms with Crippen LogP contribution in [0.3, 0.4) is 0 Å². The molecule has 28 heavy (non-hydrogen) atoms. The minimum absolute atomic E-state index is 0.0194. The molecule has 0 bridgehead atoms. The van der Waals surface area contributed by atoms with Crippen molar-refractivity contribution in [1.29, 1.82) is 0 Å². The molecule has 1 heterocycles. The Balaban J connectivity index is 2.25. The molecule has 2 fully saturated rings. The second-order valence-electron chi connectivity index (χ2n) is 9.24. The monoisotopic (exact) mass is 402 g/mol. The van der Waals surface area contributed by atoms with Gasteiger partial charge in [-0.2, -0.15) is 0 Å². The van der Waals surface area contributed by atoms with Gasteiger partial charge in [0.15, 0.2) is 6.29 Å². The molecule has 1 saturated carbocycles. The number of aliphatic hydroxyl groups is 5. The van der Waals surface area contributed by atoms with E-state index >= 15 is 0 Å². The predicted molar refractivity (Wildman–Crippen MR) is 104 cm³/mol. The Morgan fingerprint density at radius 3 is 2.36 bits per heavy atom. The van der Waals surface area contributed by atoms with Crippen molar-refractivity contribution in [3.8, 4) is 0 Å². The van der Waals surface area contributed by atoms with Gasteiger partial charge in [0, 0.05) is 0 Å². The van der Waals surface area contributed by atoms with Crippen molar-refractivity contribution in [3.63, 3.8) is 0 Å². The van der Waals surface area contributed by atoms with E-state index in [0.29, 0.717) is 12.8 Å². The first-order chi connectivity index (χ1) is 12.9. The van der Waals surface area contributed by atoms with Crippen LogP contribution in [0.5, 0.6) is 0 Å². The van der Waals surface area contributed by atoms with Crippen molar-refractivity contribution in [2.24, 2.45) is 11.8 Å². The Morgan fingerprint density at radius 2 is 1.86 bits per heavy atom. The Morgan fingerprint density at radius 1 is 1.21 bits per heavy atom. The molecule has 7 nitrogen and oxygen atoms in total. The number of allylic oxidation sites excluding steroid dienone is 2. The zero-order valence-corrected chi connectivity index (χ0v) is 17.7. The SMILES string of the molecule is CC(C)=CCC[C@@](C)(O[C@H]1O[C@@H](CO)[C@@H](O)[C@@H](O)[C@H]1O)[C@@H]1CC[C@@](C)(O)[C@H]1C. The van der Waals surface area contributed by atoms with E-state index in [1.165, 1.54) is 5.57 Å². The fourth-order valence-corrected chi connectivity index (χ4v) is 4.60. The topological polar surface area (TPSA) is 120 Å². The Hall–Kier alpha value is -0.540. The van der Waals surface area contributed by atoms with Crippen molar-refractivity contribution in [2.45, 2.75) is 102 Å². The largest absolute Gasteiger partial charge is 0.394 e. The highest BCUT2D eigenvalue weighted by atomic mass is 16.7. The summed E-state index contributed by atoms with van der Waals surface area (Å²) in [5.74, 6) is 0.00882. The quantitative estimate of drug-likeness (QED) is 0.405. The average Bonchev–Trinajstić information content (AvgIpc) is 2.89. The summed E-state index contributed by atoms with van der Waals surface area (Å²) in [6.07, 6.45) is -1.53. The molecule has 9 atom stereocenters. The van der Waals surface area contributed by atoms with Gasteiger partial charge in [0.1, 0.15) is 24.4 Å². The lowest BCUT2D eigenvalue weighted by Gasteiger charge is -2.46. The summed E-state index contributed by atoms with van der Waals surface area (Å²) in [4.78, 5) is 0. The van der Waals surface area contributed by atoms with Crippen LogP contribution >= 0.6 is 0 Å². The first kappa shape index (κ1) is 23.7. The summed E-state index contributed by atoms with van der Waals surface area (Å²) in [6, 6.07) is 0. The van der Waals surface area contributed by atoms with Gasteiger partial charge in [-0.15, -0.1) is 0 Å². The van der Waals surface area contributed by atoms with Crippen molar-refractivity contribution >= 4 is 0 Å². The minimum Gasteiger partial charge on any atom is -0.394 e. The lowest BCUT2D eigenvalue weighted by molar-refractivity contribution is -0.333. The molecule has 1 aliphatic heterocycles. The zero-order chi connectivity index (χ0) is 21.3. The van der Waals surface area contributed by atoms with E-state index in [-0.39, 0.29) is 11.8 Å². The van der Waals surface area contributed by atoms with Gasteiger partial charge in [-0.3, -0.25) is 0 Å². The summed E-state index contributed by atoms with van der Waals surface area (Å²) in [5, 5.41) is 50.6. The average molecular weight is 403 g/mol. The maximum Gasteiger partial charge on any atom is 0.187 e.